The van der Waals surface area contributed by atoms with Crippen molar-refractivity contribution in [3.05, 3.63) is 53.9 Å². The van der Waals surface area contributed by atoms with Crippen molar-refractivity contribution >= 4 is 0 Å². The number of hydrogen-bond donors (Lipinski definition) is 1. The maximum atomic E-state index is 12.1. The van der Waals surface area contributed by atoms with Crippen LogP contribution in [0.4, 0.5) is 8.78 Å². The molecule has 106 valence electrons. The first kappa shape index (κ1) is 14.2. The van der Waals surface area contributed by atoms with Crippen molar-refractivity contribution in [1.82, 2.24) is 4.98 Å². The fraction of sp³-hybridized carbons (Fsp3) is 0.214. The van der Waals surface area contributed by atoms with Crippen molar-refractivity contribution in [1.29, 1.82) is 0 Å². The number of benzene rings is 1. The largest absolute Gasteiger partial charge is 0.495 e. The highest BCUT2D eigenvalue weighted by molar-refractivity contribution is 5.36. The average molecular weight is 280 g/mol. The van der Waals surface area contributed by atoms with E-state index < -0.39 is 12.7 Å². The molecule has 0 spiro atoms. The van der Waals surface area contributed by atoms with Gasteiger partial charge in [-0.15, -0.1) is 0 Å². The van der Waals surface area contributed by atoms with Crippen molar-refractivity contribution < 1.29 is 18.3 Å². The van der Waals surface area contributed by atoms with E-state index in [0.717, 1.165) is 11.1 Å². The van der Waals surface area contributed by atoms with Gasteiger partial charge >= 0.3 is 6.61 Å². The van der Waals surface area contributed by atoms with Crippen molar-refractivity contribution in [3.63, 3.8) is 0 Å². The van der Waals surface area contributed by atoms with Gasteiger partial charge in [0.2, 0.25) is 0 Å². The summed E-state index contributed by atoms with van der Waals surface area (Å²) in [5, 5.41) is 0. The van der Waals surface area contributed by atoms with Crippen LogP contribution in [0, 0.1) is 0 Å². The number of nitrogens with two attached hydrogens (primary N) is 1. The number of methoxy groups -OCH3 is 1. The number of nitrogens with zero attached hydrogens (tertiary/aromatic N) is 1. The Morgan fingerprint density at radius 2 is 1.75 bits per heavy atom. The lowest BCUT2D eigenvalue weighted by Gasteiger charge is -2.13. The van der Waals surface area contributed by atoms with Gasteiger partial charge in [0, 0.05) is 6.20 Å². The normalized spacial score (nSPS) is 12.2. The zero-order valence-corrected chi connectivity index (χ0v) is 10.8. The van der Waals surface area contributed by atoms with Crippen LogP contribution in [-0.4, -0.2) is 18.7 Å². The molecule has 1 heterocycles. The van der Waals surface area contributed by atoms with E-state index in [9.17, 15) is 8.78 Å². The molecule has 0 aliphatic rings. The fourth-order valence-corrected chi connectivity index (χ4v) is 1.77. The number of halogens is 2. The molecule has 2 rings (SSSR count). The Bertz CT molecular complexity index is 561. The monoisotopic (exact) mass is 280 g/mol. The van der Waals surface area contributed by atoms with Gasteiger partial charge < -0.3 is 15.2 Å². The molecule has 1 aromatic heterocycles. The number of ether oxygens (including phenoxy) is 2. The van der Waals surface area contributed by atoms with Gasteiger partial charge in [-0.2, -0.15) is 8.78 Å². The van der Waals surface area contributed by atoms with Gasteiger partial charge in [-0.3, -0.25) is 4.98 Å². The van der Waals surface area contributed by atoms with Crippen LogP contribution in [0.2, 0.25) is 0 Å². The van der Waals surface area contributed by atoms with Gasteiger partial charge in [0.1, 0.15) is 11.5 Å². The topological polar surface area (TPSA) is 57.4 Å². The predicted octanol–water partition coefficient (Wildman–Crippen LogP) is 2.74. The highest BCUT2D eigenvalue weighted by Gasteiger charge is 2.11. The van der Waals surface area contributed by atoms with Gasteiger partial charge in [0.15, 0.2) is 0 Å². The third-order valence-electron chi connectivity index (χ3n) is 2.79. The molecule has 2 aromatic rings. The van der Waals surface area contributed by atoms with Crippen LogP contribution in [0.15, 0.2) is 42.7 Å². The molecule has 1 aromatic carbocycles. The van der Waals surface area contributed by atoms with Crippen molar-refractivity contribution in [2.24, 2.45) is 5.73 Å². The summed E-state index contributed by atoms with van der Waals surface area (Å²) in [6.07, 6.45) is 3.21. The highest BCUT2D eigenvalue weighted by atomic mass is 19.3. The van der Waals surface area contributed by atoms with Crippen LogP contribution in [-0.2, 0) is 0 Å². The first-order valence-corrected chi connectivity index (χ1v) is 5.89. The van der Waals surface area contributed by atoms with Crippen molar-refractivity contribution in [3.8, 4) is 11.5 Å². The Hall–Kier alpha value is -2.21. The molecule has 0 radical (unpaired) electrons. The molecular weight excluding hydrogens is 266 g/mol. The van der Waals surface area contributed by atoms with E-state index in [0.29, 0.717) is 5.75 Å². The zero-order chi connectivity index (χ0) is 14.5. The van der Waals surface area contributed by atoms with Crippen molar-refractivity contribution in [2.75, 3.05) is 7.11 Å². The molecule has 0 saturated carbocycles. The Labute approximate surface area is 115 Å². The van der Waals surface area contributed by atoms with E-state index in [1.807, 2.05) is 0 Å². The molecule has 2 N–H and O–H groups in total. The summed E-state index contributed by atoms with van der Waals surface area (Å²) in [4.78, 5) is 4.03. The number of pyridine rings is 1. The third kappa shape index (κ3) is 3.42. The van der Waals surface area contributed by atoms with Gasteiger partial charge in [-0.1, -0.05) is 12.1 Å². The minimum atomic E-state index is -2.84. The predicted molar refractivity (Wildman–Crippen MR) is 69.9 cm³/mol. The minimum Gasteiger partial charge on any atom is -0.495 e. The smallest absolute Gasteiger partial charge is 0.387 e. The van der Waals surface area contributed by atoms with Crippen LogP contribution >= 0.6 is 0 Å². The van der Waals surface area contributed by atoms with Crippen LogP contribution < -0.4 is 15.2 Å². The molecule has 0 amide bonds. The second kappa shape index (κ2) is 6.29. The molecule has 4 nitrogen and oxygen atoms in total. The summed E-state index contributed by atoms with van der Waals surface area (Å²) in [6, 6.07) is 7.55. The third-order valence-corrected chi connectivity index (χ3v) is 2.79. The van der Waals surface area contributed by atoms with Gasteiger partial charge in [0.25, 0.3) is 0 Å². The molecule has 0 fully saturated rings. The molecular formula is C14H14F2N2O2. The average Bonchev–Trinajstić information content (AvgIpc) is 2.47. The standard InChI is InChI=1S/C14H14F2N2O2/c1-19-12-6-10(7-18-8-12)13(17)9-2-4-11(5-3-9)20-14(15)16/h2-8,13-14H,17H2,1H3. The van der Waals surface area contributed by atoms with E-state index in [1.54, 1.807) is 37.7 Å². The summed E-state index contributed by atoms with van der Waals surface area (Å²) < 4.78 is 33.5. The summed E-state index contributed by atoms with van der Waals surface area (Å²) in [5.41, 5.74) is 7.64. The Kier molecular flexibility index (Phi) is 4.47. The molecule has 1 unspecified atom stereocenters. The van der Waals surface area contributed by atoms with Crippen LogP contribution in [0.3, 0.4) is 0 Å². The summed E-state index contributed by atoms with van der Waals surface area (Å²) in [6.45, 7) is -2.84. The van der Waals surface area contributed by atoms with E-state index in [4.69, 9.17) is 10.5 Å². The highest BCUT2D eigenvalue weighted by Crippen LogP contribution is 2.24. The van der Waals surface area contributed by atoms with E-state index in [2.05, 4.69) is 9.72 Å². The van der Waals surface area contributed by atoms with Crippen LogP contribution in [0.5, 0.6) is 11.5 Å². The second-order valence-electron chi connectivity index (χ2n) is 4.08. The van der Waals surface area contributed by atoms with E-state index in [1.165, 1.54) is 12.1 Å². The summed E-state index contributed by atoms with van der Waals surface area (Å²) >= 11 is 0. The first-order chi connectivity index (χ1) is 9.60. The maximum Gasteiger partial charge on any atom is 0.387 e. The lowest BCUT2D eigenvalue weighted by molar-refractivity contribution is -0.0498. The number of rotatable bonds is 5. The van der Waals surface area contributed by atoms with Gasteiger partial charge in [-0.25, -0.2) is 0 Å². The number of hydrogen-bond acceptors (Lipinski definition) is 4. The van der Waals surface area contributed by atoms with E-state index >= 15 is 0 Å². The summed E-state index contributed by atoms with van der Waals surface area (Å²) in [7, 11) is 1.54. The molecule has 0 bridgehead atoms. The van der Waals surface area contributed by atoms with Crippen molar-refractivity contribution in [2.45, 2.75) is 12.7 Å². The zero-order valence-electron chi connectivity index (χ0n) is 10.8. The van der Waals surface area contributed by atoms with Gasteiger partial charge in [-0.05, 0) is 29.3 Å². The fourth-order valence-electron chi connectivity index (χ4n) is 1.77. The van der Waals surface area contributed by atoms with Crippen LogP contribution in [0.1, 0.15) is 17.2 Å². The minimum absolute atomic E-state index is 0.0970. The molecule has 6 heteroatoms. The lowest BCUT2D eigenvalue weighted by Crippen LogP contribution is -2.12. The quantitative estimate of drug-likeness (QED) is 0.915. The van der Waals surface area contributed by atoms with Crippen LogP contribution in [0.25, 0.3) is 0 Å². The first-order valence-electron chi connectivity index (χ1n) is 5.89. The Morgan fingerprint density at radius 3 is 2.35 bits per heavy atom. The lowest BCUT2D eigenvalue weighted by atomic mass is 10.0. The Balaban J connectivity index is 2.17. The SMILES string of the molecule is COc1cncc(C(N)c2ccc(OC(F)F)cc2)c1. The maximum absolute atomic E-state index is 12.1. The number of aromatic nitrogens is 1. The van der Waals surface area contributed by atoms with Gasteiger partial charge in [0.05, 0.1) is 19.3 Å². The molecule has 0 aliphatic heterocycles. The Morgan fingerprint density at radius 1 is 1.05 bits per heavy atom. The number of alkyl halides is 2. The molecule has 20 heavy (non-hydrogen) atoms. The van der Waals surface area contributed by atoms with E-state index in [-0.39, 0.29) is 5.75 Å². The molecule has 0 saturated heterocycles. The second-order valence-corrected chi connectivity index (χ2v) is 4.08. The summed E-state index contributed by atoms with van der Waals surface area (Å²) in [5.74, 6) is 0.704. The molecule has 1 atom stereocenters. The molecule has 0 aliphatic carbocycles.